The molecule has 39 heavy (non-hydrogen) atoms. The second kappa shape index (κ2) is 27.4. The van der Waals surface area contributed by atoms with Crippen molar-refractivity contribution in [1.82, 2.24) is 4.98 Å². The van der Waals surface area contributed by atoms with Crippen molar-refractivity contribution in [3.63, 3.8) is 0 Å². The van der Waals surface area contributed by atoms with Crippen LogP contribution in [0.2, 0.25) is 0 Å². The van der Waals surface area contributed by atoms with E-state index in [-0.39, 0.29) is 0 Å². The molecule has 1 N–H and O–H groups in total. The van der Waals surface area contributed by atoms with Gasteiger partial charge in [-0.15, -0.1) is 0 Å². The van der Waals surface area contributed by atoms with Crippen LogP contribution >= 0.6 is 0 Å². The van der Waals surface area contributed by atoms with Crippen molar-refractivity contribution in [2.24, 2.45) is 0 Å². The fourth-order valence-electron chi connectivity index (χ4n) is 6.49. The number of unbranched alkanes of at least 4 members (excludes halogenated alkanes) is 22. The molecule has 0 amide bonds. The summed E-state index contributed by atoms with van der Waals surface area (Å²) in [5.41, 5.74) is 0. The lowest BCUT2D eigenvalue weighted by Gasteiger charge is -2.16. The van der Waals surface area contributed by atoms with E-state index in [0.717, 1.165) is 0 Å². The molecule has 2 atom stereocenters. The quantitative estimate of drug-likeness (QED) is 0.0732. The SMILES string of the molecule is CCCCCCCCCCCCCCCCC(CCC)c1[nH]cc[n+]1C(C)CCCCCCCCCCCC. The van der Waals surface area contributed by atoms with Crippen molar-refractivity contribution in [3.8, 4) is 0 Å². The van der Waals surface area contributed by atoms with Gasteiger partial charge in [-0.1, -0.05) is 175 Å². The smallest absolute Gasteiger partial charge is 0.247 e. The van der Waals surface area contributed by atoms with Crippen molar-refractivity contribution >= 4 is 0 Å². The highest BCUT2D eigenvalue weighted by Crippen LogP contribution is 2.26. The van der Waals surface area contributed by atoms with Crippen LogP contribution in [0, 0.1) is 0 Å². The zero-order valence-electron chi connectivity index (χ0n) is 27.6. The van der Waals surface area contributed by atoms with Crippen LogP contribution in [0.25, 0.3) is 0 Å². The van der Waals surface area contributed by atoms with E-state index in [0.29, 0.717) is 12.0 Å². The fraction of sp³-hybridized carbons (Fsp3) is 0.919. The molecule has 0 saturated carbocycles. The average molecular weight is 546 g/mol. The van der Waals surface area contributed by atoms with Crippen LogP contribution < -0.4 is 4.57 Å². The number of imidazole rings is 1. The summed E-state index contributed by atoms with van der Waals surface area (Å²) in [5.74, 6) is 2.21. The molecule has 1 aromatic heterocycles. The summed E-state index contributed by atoms with van der Waals surface area (Å²) in [6.07, 6.45) is 44.3. The minimum absolute atomic E-state index is 0.621. The Morgan fingerprint density at radius 3 is 1.28 bits per heavy atom. The Labute approximate surface area is 246 Å². The molecule has 0 spiro atoms. The Kier molecular flexibility index (Phi) is 25.4. The third kappa shape index (κ3) is 19.8. The molecule has 2 heteroatoms. The highest BCUT2D eigenvalue weighted by atomic mass is 15.1. The first-order chi connectivity index (χ1) is 19.2. The monoisotopic (exact) mass is 546 g/mol. The predicted octanol–water partition coefficient (Wildman–Crippen LogP) is 12.9. The van der Waals surface area contributed by atoms with Gasteiger partial charge in [0.1, 0.15) is 12.4 Å². The number of hydrogen-bond donors (Lipinski definition) is 1. The average Bonchev–Trinajstić information content (AvgIpc) is 3.43. The molecule has 2 nitrogen and oxygen atoms in total. The molecule has 0 radical (unpaired) electrons. The Hall–Kier alpha value is -0.790. The summed E-state index contributed by atoms with van der Waals surface area (Å²) < 4.78 is 2.60. The largest absolute Gasteiger partial charge is 0.257 e. The van der Waals surface area contributed by atoms with Crippen LogP contribution in [-0.2, 0) is 0 Å². The van der Waals surface area contributed by atoms with E-state index in [1.807, 2.05) is 0 Å². The number of hydrogen-bond acceptors (Lipinski definition) is 0. The second-order valence-corrected chi connectivity index (χ2v) is 12.9. The maximum atomic E-state index is 3.67. The first-order valence-corrected chi connectivity index (χ1v) is 18.3. The lowest BCUT2D eigenvalue weighted by atomic mass is 9.94. The van der Waals surface area contributed by atoms with E-state index in [2.05, 4.69) is 49.6 Å². The van der Waals surface area contributed by atoms with E-state index >= 15 is 0 Å². The lowest BCUT2D eigenvalue weighted by Crippen LogP contribution is -2.41. The third-order valence-electron chi connectivity index (χ3n) is 9.12. The summed E-state index contributed by atoms with van der Waals surface area (Å²) >= 11 is 0. The summed E-state index contributed by atoms with van der Waals surface area (Å²) in [6, 6.07) is 0.621. The molecular formula is C37H73N2+. The molecule has 1 heterocycles. The Balaban J connectivity index is 2.15. The number of aromatic nitrogens is 2. The van der Waals surface area contributed by atoms with Crippen molar-refractivity contribution in [2.45, 2.75) is 219 Å². The van der Waals surface area contributed by atoms with Gasteiger partial charge in [0.2, 0.25) is 0 Å². The second-order valence-electron chi connectivity index (χ2n) is 12.9. The minimum Gasteiger partial charge on any atom is -0.247 e. The molecule has 1 rings (SSSR count). The summed E-state index contributed by atoms with van der Waals surface area (Å²) in [4.78, 5) is 3.67. The van der Waals surface area contributed by atoms with E-state index in [9.17, 15) is 0 Å². The molecule has 0 aromatic carbocycles. The number of nitrogens with one attached hydrogen (secondary N) is 1. The number of H-pyrrole nitrogens is 1. The molecule has 0 aliphatic heterocycles. The zero-order chi connectivity index (χ0) is 28.2. The highest BCUT2D eigenvalue weighted by molar-refractivity contribution is 4.90. The first kappa shape index (κ1) is 36.2. The molecule has 0 aliphatic rings. The van der Waals surface area contributed by atoms with Crippen LogP contribution in [0.15, 0.2) is 12.4 Å². The van der Waals surface area contributed by atoms with Gasteiger partial charge in [0.05, 0.1) is 12.0 Å². The molecule has 1 aromatic rings. The molecule has 2 unspecified atom stereocenters. The third-order valence-corrected chi connectivity index (χ3v) is 9.12. The van der Waals surface area contributed by atoms with Crippen LogP contribution in [0.4, 0.5) is 0 Å². The zero-order valence-corrected chi connectivity index (χ0v) is 27.6. The van der Waals surface area contributed by atoms with Gasteiger partial charge in [-0.05, 0) is 32.6 Å². The summed E-state index contributed by atoms with van der Waals surface area (Å²) in [7, 11) is 0. The summed E-state index contributed by atoms with van der Waals surface area (Å²) in [5, 5.41) is 0. The molecule has 0 aliphatic carbocycles. The van der Waals surface area contributed by atoms with Crippen molar-refractivity contribution in [1.29, 1.82) is 0 Å². The van der Waals surface area contributed by atoms with Gasteiger partial charge in [0.15, 0.2) is 0 Å². The highest BCUT2D eigenvalue weighted by Gasteiger charge is 2.24. The van der Waals surface area contributed by atoms with Gasteiger partial charge >= 0.3 is 0 Å². The Morgan fingerprint density at radius 2 is 0.872 bits per heavy atom. The fourth-order valence-corrected chi connectivity index (χ4v) is 6.49. The van der Waals surface area contributed by atoms with Crippen LogP contribution in [0.5, 0.6) is 0 Å². The molecular weight excluding hydrogens is 472 g/mol. The van der Waals surface area contributed by atoms with Gasteiger partial charge in [-0.3, -0.25) is 0 Å². The van der Waals surface area contributed by atoms with Crippen molar-refractivity contribution < 1.29 is 4.57 Å². The molecule has 0 fully saturated rings. The van der Waals surface area contributed by atoms with Gasteiger partial charge in [0.25, 0.3) is 5.82 Å². The van der Waals surface area contributed by atoms with Crippen molar-refractivity contribution in [3.05, 3.63) is 18.2 Å². The molecule has 0 saturated heterocycles. The predicted molar refractivity (Wildman–Crippen MR) is 175 cm³/mol. The lowest BCUT2D eigenvalue weighted by molar-refractivity contribution is -0.727. The number of rotatable bonds is 30. The maximum Gasteiger partial charge on any atom is 0.257 e. The van der Waals surface area contributed by atoms with E-state index in [4.69, 9.17) is 0 Å². The number of nitrogens with zero attached hydrogens (tertiary/aromatic N) is 1. The summed E-state index contributed by atoms with van der Waals surface area (Å²) in [6.45, 7) is 9.42. The van der Waals surface area contributed by atoms with Crippen LogP contribution in [0.3, 0.4) is 0 Å². The Morgan fingerprint density at radius 1 is 0.487 bits per heavy atom. The van der Waals surface area contributed by atoms with Gasteiger partial charge in [0, 0.05) is 0 Å². The van der Waals surface area contributed by atoms with Crippen LogP contribution in [0.1, 0.15) is 225 Å². The van der Waals surface area contributed by atoms with Gasteiger partial charge < -0.3 is 0 Å². The van der Waals surface area contributed by atoms with Crippen LogP contribution in [-0.4, -0.2) is 4.98 Å². The maximum absolute atomic E-state index is 3.67. The van der Waals surface area contributed by atoms with E-state index in [1.54, 1.807) is 0 Å². The van der Waals surface area contributed by atoms with Gasteiger partial charge in [-0.25, -0.2) is 9.55 Å². The normalized spacial score (nSPS) is 13.2. The standard InChI is InChI=1S/C37H72N2/c1-5-8-10-12-14-16-18-19-20-21-23-25-27-29-32-36(30-7-3)37-38-33-34-39(37)35(4)31-28-26-24-22-17-15-13-11-9-6-2/h33-36H,5-32H2,1-4H3/p+1. The molecule has 230 valence electrons. The topological polar surface area (TPSA) is 19.7 Å². The minimum atomic E-state index is 0.621. The number of aromatic amines is 1. The van der Waals surface area contributed by atoms with Gasteiger partial charge in [-0.2, -0.15) is 0 Å². The Bertz CT molecular complexity index is 606. The van der Waals surface area contributed by atoms with E-state index in [1.165, 1.54) is 186 Å². The molecule has 0 bridgehead atoms. The first-order valence-electron chi connectivity index (χ1n) is 18.3. The van der Waals surface area contributed by atoms with Crippen molar-refractivity contribution in [2.75, 3.05) is 0 Å². The van der Waals surface area contributed by atoms with E-state index < -0.39 is 0 Å².